The third-order valence-corrected chi connectivity index (χ3v) is 7.61. The van der Waals surface area contributed by atoms with Crippen molar-refractivity contribution in [3.05, 3.63) is 132 Å². The van der Waals surface area contributed by atoms with Gasteiger partial charge in [0.25, 0.3) is 0 Å². The van der Waals surface area contributed by atoms with E-state index in [1.54, 1.807) is 7.11 Å². The van der Waals surface area contributed by atoms with Gasteiger partial charge in [-0.05, 0) is 41.8 Å². The number of aromatic nitrogens is 2. The second-order valence-electron chi connectivity index (χ2n) is 10.6. The molecule has 43 heavy (non-hydrogen) atoms. The van der Waals surface area contributed by atoms with Crippen molar-refractivity contribution in [2.24, 2.45) is 0 Å². The molecule has 4 aromatic carbocycles. The lowest BCUT2D eigenvalue weighted by atomic mass is 10.1. The molecule has 0 N–H and O–H groups in total. The molecular formula is C37H39N3O3. The third-order valence-electron chi connectivity index (χ3n) is 7.61. The summed E-state index contributed by atoms with van der Waals surface area (Å²) in [5.74, 6) is 1.50. The largest absolute Gasteiger partial charge is 0.497 e. The lowest BCUT2D eigenvalue weighted by Gasteiger charge is -2.25. The zero-order valence-corrected chi connectivity index (χ0v) is 25.2. The predicted octanol–water partition coefficient (Wildman–Crippen LogP) is 8.01. The van der Waals surface area contributed by atoms with Gasteiger partial charge in [0.15, 0.2) is 0 Å². The number of nitrogens with zero attached hydrogens (tertiary/aromatic N) is 3. The van der Waals surface area contributed by atoms with Crippen molar-refractivity contribution in [3.8, 4) is 28.4 Å². The Balaban J connectivity index is 1.58. The highest BCUT2D eigenvalue weighted by atomic mass is 16.5. The molecule has 0 spiro atoms. The van der Waals surface area contributed by atoms with E-state index >= 15 is 0 Å². The van der Waals surface area contributed by atoms with E-state index in [9.17, 15) is 4.79 Å². The van der Waals surface area contributed by atoms with E-state index in [2.05, 4.69) is 77.1 Å². The Morgan fingerprint density at radius 3 is 1.88 bits per heavy atom. The quantitative estimate of drug-likeness (QED) is 0.134. The molecule has 6 nitrogen and oxygen atoms in total. The van der Waals surface area contributed by atoms with Crippen LogP contribution in [0, 0.1) is 0 Å². The Hall–Kier alpha value is -4.68. The molecule has 0 amide bonds. The van der Waals surface area contributed by atoms with Gasteiger partial charge in [0.05, 0.1) is 31.2 Å². The molecule has 1 aromatic heterocycles. The van der Waals surface area contributed by atoms with Crippen LogP contribution in [0.15, 0.2) is 109 Å². The molecule has 0 aliphatic carbocycles. The Labute approximate surface area is 254 Å². The molecule has 0 unspecified atom stereocenters. The average molecular weight is 574 g/mol. The van der Waals surface area contributed by atoms with Crippen LogP contribution < -0.4 is 4.74 Å². The van der Waals surface area contributed by atoms with E-state index in [-0.39, 0.29) is 5.97 Å². The number of rotatable bonds is 13. The minimum Gasteiger partial charge on any atom is -0.497 e. The minimum atomic E-state index is -0.331. The number of imidazole rings is 1. The molecule has 220 valence electrons. The lowest BCUT2D eigenvalue weighted by molar-refractivity contribution is 0.0600. The number of carbonyl (C=O) groups is 1. The summed E-state index contributed by atoms with van der Waals surface area (Å²) in [5.41, 5.74) is 7.28. The fourth-order valence-corrected chi connectivity index (χ4v) is 5.33. The SMILES string of the molecule is CCCCn1c(-c2ccccc2)nc(-c2ccccc2)c1CN(Cc1ccc(OC)cc1)Cc1ccc(C(=O)OC)cc1. The first-order valence-electron chi connectivity index (χ1n) is 14.8. The smallest absolute Gasteiger partial charge is 0.337 e. The summed E-state index contributed by atoms with van der Waals surface area (Å²) in [5, 5.41) is 0. The summed E-state index contributed by atoms with van der Waals surface area (Å²) in [7, 11) is 3.09. The Morgan fingerprint density at radius 1 is 0.744 bits per heavy atom. The topological polar surface area (TPSA) is 56.6 Å². The molecule has 0 bridgehead atoms. The first kappa shape index (κ1) is 29.8. The standard InChI is InChI=1S/C37H39N3O3/c1-4-5-24-40-34(35(30-12-8-6-9-13-30)38-36(40)31-14-10-7-11-15-31)27-39(26-29-18-22-33(42-2)23-19-29)25-28-16-20-32(21-17-28)37(41)43-3/h6-23H,4-5,24-27H2,1-3H3. The van der Waals surface area contributed by atoms with Gasteiger partial charge in [-0.15, -0.1) is 0 Å². The molecule has 5 rings (SSSR count). The number of hydrogen-bond acceptors (Lipinski definition) is 5. The number of esters is 1. The molecule has 0 atom stereocenters. The van der Waals surface area contributed by atoms with Crippen LogP contribution in [-0.2, 0) is 30.9 Å². The van der Waals surface area contributed by atoms with Gasteiger partial charge in [-0.2, -0.15) is 0 Å². The number of benzene rings is 4. The van der Waals surface area contributed by atoms with Crippen molar-refractivity contribution in [1.29, 1.82) is 0 Å². The molecule has 0 saturated heterocycles. The Bertz CT molecular complexity index is 1600. The summed E-state index contributed by atoms with van der Waals surface area (Å²) >= 11 is 0. The Morgan fingerprint density at radius 2 is 1.33 bits per heavy atom. The van der Waals surface area contributed by atoms with E-state index in [4.69, 9.17) is 14.5 Å². The average Bonchev–Trinajstić information content (AvgIpc) is 3.42. The summed E-state index contributed by atoms with van der Waals surface area (Å²) < 4.78 is 12.7. The molecule has 0 radical (unpaired) electrons. The summed E-state index contributed by atoms with van der Waals surface area (Å²) in [4.78, 5) is 19.8. The minimum absolute atomic E-state index is 0.331. The maximum atomic E-state index is 12.0. The molecule has 0 saturated carbocycles. The van der Waals surface area contributed by atoms with E-state index < -0.39 is 0 Å². The number of methoxy groups -OCH3 is 2. The van der Waals surface area contributed by atoms with E-state index in [0.29, 0.717) is 18.7 Å². The molecule has 5 aromatic rings. The molecule has 0 aliphatic heterocycles. The first-order chi connectivity index (χ1) is 21.1. The monoisotopic (exact) mass is 573 g/mol. The summed E-state index contributed by atoms with van der Waals surface area (Å²) in [6.45, 7) is 5.24. The van der Waals surface area contributed by atoms with Crippen molar-refractivity contribution in [1.82, 2.24) is 14.5 Å². The van der Waals surface area contributed by atoms with Gasteiger partial charge >= 0.3 is 5.97 Å². The van der Waals surface area contributed by atoms with Gasteiger partial charge in [-0.25, -0.2) is 9.78 Å². The molecule has 0 fully saturated rings. The van der Waals surface area contributed by atoms with Crippen molar-refractivity contribution in [3.63, 3.8) is 0 Å². The van der Waals surface area contributed by atoms with E-state index in [0.717, 1.165) is 59.9 Å². The predicted molar refractivity (Wildman–Crippen MR) is 172 cm³/mol. The maximum absolute atomic E-state index is 12.0. The third kappa shape index (κ3) is 7.40. The van der Waals surface area contributed by atoms with Crippen LogP contribution in [0.4, 0.5) is 0 Å². The number of carbonyl (C=O) groups excluding carboxylic acids is 1. The van der Waals surface area contributed by atoms with E-state index in [1.165, 1.54) is 18.4 Å². The molecule has 1 heterocycles. The van der Waals surface area contributed by atoms with Crippen molar-refractivity contribution >= 4 is 5.97 Å². The highest BCUT2D eigenvalue weighted by Crippen LogP contribution is 2.32. The zero-order chi connectivity index (χ0) is 30.0. The number of unbranched alkanes of at least 4 members (excludes halogenated alkanes) is 1. The van der Waals surface area contributed by atoms with Gasteiger partial charge in [-0.1, -0.05) is 98.3 Å². The first-order valence-corrected chi connectivity index (χ1v) is 14.8. The van der Waals surface area contributed by atoms with Crippen LogP contribution in [0.3, 0.4) is 0 Å². The van der Waals surface area contributed by atoms with Crippen molar-refractivity contribution < 1.29 is 14.3 Å². The van der Waals surface area contributed by atoms with Crippen LogP contribution in [0.25, 0.3) is 22.6 Å². The van der Waals surface area contributed by atoms with Crippen LogP contribution in [0.2, 0.25) is 0 Å². The van der Waals surface area contributed by atoms with Gasteiger partial charge in [0.2, 0.25) is 0 Å². The zero-order valence-electron chi connectivity index (χ0n) is 25.2. The maximum Gasteiger partial charge on any atom is 0.337 e. The second-order valence-corrected chi connectivity index (χ2v) is 10.6. The van der Waals surface area contributed by atoms with Crippen molar-refractivity contribution in [2.45, 2.75) is 45.9 Å². The van der Waals surface area contributed by atoms with Crippen LogP contribution in [0.1, 0.15) is 46.9 Å². The van der Waals surface area contributed by atoms with Gasteiger partial charge in [-0.3, -0.25) is 4.90 Å². The molecule has 0 aliphatic rings. The second kappa shape index (κ2) is 14.5. The lowest BCUT2D eigenvalue weighted by Crippen LogP contribution is -2.24. The molecule has 6 heteroatoms. The number of ether oxygens (including phenoxy) is 2. The molecular weight excluding hydrogens is 534 g/mol. The number of hydrogen-bond donors (Lipinski definition) is 0. The fraction of sp³-hybridized carbons (Fsp3) is 0.243. The highest BCUT2D eigenvalue weighted by molar-refractivity contribution is 5.89. The van der Waals surface area contributed by atoms with Crippen molar-refractivity contribution in [2.75, 3.05) is 14.2 Å². The fourth-order valence-electron chi connectivity index (χ4n) is 5.33. The van der Waals surface area contributed by atoms with Gasteiger partial charge in [0.1, 0.15) is 11.6 Å². The van der Waals surface area contributed by atoms with Gasteiger partial charge in [0, 0.05) is 37.3 Å². The van der Waals surface area contributed by atoms with Gasteiger partial charge < -0.3 is 14.0 Å². The highest BCUT2D eigenvalue weighted by Gasteiger charge is 2.22. The Kier molecular flexibility index (Phi) is 10.0. The van der Waals surface area contributed by atoms with Crippen LogP contribution in [0.5, 0.6) is 5.75 Å². The van der Waals surface area contributed by atoms with Crippen LogP contribution in [-0.4, -0.2) is 34.6 Å². The summed E-state index contributed by atoms with van der Waals surface area (Å²) in [6, 6.07) is 36.9. The normalized spacial score (nSPS) is 11.1. The van der Waals surface area contributed by atoms with Crippen LogP contribution >= 0.6 is 0 Å². The summed E-state index contributed by atoms with van der Waals surface area (Å²) in [6.07, 6.45) is 2.15. The van der Waals surface area contributed by atoms with E-state index in [1.807, 2.05) is 48.5 Å².